The first-order valence-electron chi connectivity index (χ1n) is 44.8. The minimum absolute atomic E-state index is 0.0664. The van der Waals surface area contributed by atoms with E-state index in [-0.39, 0.29) is 41.4 Å². The van der Waals surface area contributed by atoms with E-state index < -0.39 is 0 Å². The smallest absolute Gasteiger partial charge is 0.222 e. The summed E-state index contributed by atoms with van der Waals surface area (Å²) in [5, 5.41) is 17.8. The molecule has 0 aliphatic carbocycles. The highest BCUT2D eigenvalue weighted by Crippen LogP contribution is 2.24. The van der Waals surface area contributed by atoms with Crippen LogP contribution < -0.4 is 31.9 Å². The van der Waals surface area contributed by atoms with Gasteiger partial charge in [0.1, 0.15) is 0 Å². The fourth-order valence-electron chi connectivity index (χ4n) is 13.8. The third-order valence-corrected chi connectivity index (χ3v) is 21.6. The maximum Gasteiger partial charge on any atom is 0.222 e. The first-order chi connectivity index (χ1) is 52.6. The number of nitrogens with one attached hydrogen (secondary N) is 6. The Morgan fingerprint density at radius 3 is 0.551 bits per heavy atom. The molecule has 7 rings (SSSR count). The lowest BCUT2D eigenvalue weighted by Crippen LogP contribution is -2.42. The number of carbonyl (C=O) groups is 7. The molecular formula is C86H157N7O14. The molecule has 7 saturated heterocycles. The predicted octanol–water partition coefficient (Wildman–Crippen LogP) is 15.5. The molecule has 7 aliphatic rings. The van der Waals surface area contributed by atoms with Crippen LogP contribution in [0.2, 0.25) is 0 Å². The Morgan fingerprint density at radius 2 is 0.355 bits per heavy atom. The number of epoxide rings is 7. The lowest BCUT2D eigenvalue weighted by atomic mass is 10.1. The summed E-state index contributed by atoms with van der Waals surface area (Å²) in [4.78, 5) is 87.1. The van der Waals surface area contributed by atoms with Crippen molar-refractivity contribution in [2.24, 2.45) is 0 Å². The van der Waals surface area contributed by atoms with Gasteiger partial charge < -0.3 is 70.0 Å². The fraction of sp³-hybridized carbons (Fsp3) is 0.919. The summed E-state index contributed by atoms with van der Waals surface area (Å²) >= 11 is 0. The Morgan fingerprint density at radius 1 is 0.196 bits per heavy atom. The molecule has 7 fully saturated rings. The summed E-state index contributed by atoms with van der Waals surface area (Å²) in [5.74, 6) is 0.736. The van der Waals surface area contributed by atoms with E-state index in [1.54, 1.807) is 0 Å². The molecule has 0 spiro atoms. The number of amides is 7. The van der Waals surface area contributed by atoms with Crippen LogP contribution >= 0.6 is 0 Å². The van der Waals surface area contributed by atoms with Crippen LogP contribution in [0.15, 0.2) is 0 Å². The van der Waals surface area contributed by atoms with Crippen LogP contribution in [0.3, 0.4) is 0 Å². The van der Waals surface area contributed by atoms with Crippen LogP contribution in [0, 0.1) is 0 Å². The summed E-state index contributed by atoms with van der Waals surface area (Å²) in [6, 6.07) is 0. The van der Waals surface area contributed by atoms with Crippen molar-refractivity contribution in [3.8, 4) is 0 Å². The monoisotopic (exact) mass is 1510 g/mol. The summed E-state index contributed by atoms with van der Waals surface area (Å²) in [5.41, 5.74) is 0. The van der Waals surface area contributed by atoms with E-state index in [1.807, 2.05) is 4.90 Å². The Bertz CT molecular complexity index is 2100. The molecule has 7 atom stereocenters. The highest BCUT2D eigenvalue weighted by molar-refractivity contribution is 5.79. The highest BCUT2D eigenvalue weighted by atomic mass is 16.6. The molecule has 0 radical (unpaired) electrons. The largest absolute Gasteiger partial charge is 0.373 e. The van der Waals surface area contributed by atoms with Crippen molar-refractivity contribution in [2.45, 2.75) is 409 Å². The first-order valence-corrected chi connectivity index (χ1v) is 44.8. The van der Waals surface area contributed by atoms with Gasteiger partial charge in [-0.25, -0.2) is 0 Å². The number of nitrogens with zero attached hydrogens (tertiary/aromatic N) is 1. The van der Waals surface area contributed by atoms with Crippen molar-refractivity contribution >= 4 is 41.4 Å². The lowest BCUT2D eigenvalue weighted by molar-refractivity contribution is -0.132. The number of carbonyl (C=O) groups excluding carboxylic acids is 7. The standard InChI is InChI=1S/C37H67N3O6.C25H46N2O4.C24H44N2O4/c41-35(22-16-10-4-1-7-13-19-32-29-44-32)38-25-27-40(37(43)24-18-12-6-3-9-15-21-34-31-46-34)28-26-39-36(42)23-17-11-5-2-8-14-20-33-30-45-33;28-24(16-11-7-3-1-5-9-14-22-20-30-22)26-18-13-19-27-25(29)17-12-8-4-2-6-10-15-23-21-31-23;27-23(15-11-7-3-1-5-9-13-21-19-29-21)25-17-18-26-24(28)16-12-8-4-2-6-10-14-22-20-30-22/h32-34H,1-31H2,(H,38,41)(H,39,42);22-23H,1-21H2,(H,26,28)(H,27,29);21-22H,1-20H2,(H,25,27)(H,26,28). The second-order valence-electron chi connectivity index (χ2n) is 32.1. The van der Waals surface area contributed by atoms with Crippen molar-refractivity contribution in [3.05, 3.63) is 0 Å². The molecule has 0 aromatic rings. The van der Waals surface area contributed by atoms with E-state index in [1.165, 1.54) is 218 Å². The van der Waals surface area contributed by atoms with Crippen LogP contribution in [-0.2, 0) is 66.7 Å². The topological polar surface area (TPSA) is 283 Å². The highest BCUT2D eigenvalue weighted by Gasteiger charge is 2.26. The molecule has 7 aliphatic heterocycles. The van der Waals surface area contributed by atoms with Gasteiger partial charge in [-0.15, -0.1) is 0 Å². The van der Waals surface area contributed by atoms with Crippen LogP contribution in [0.1, 0.15) is 366 Å². The fourth-order valence-corrected chi connectivity index (χ4v) is 13.8. The molecule has 0 aromatic heterocycles. The Labute approximate surface area is 649 Å². The molecular weight excluding hydrogens is 1350 g/mol. The number of ether oxygens (including phenoxy) is 7. The molecule has 0 bridgehead atoms. The van der Waals surface area contributed by atoms with Crippen LogP contribution in [-0.4, -0.2) is 188 Å². The van der Waals surface area contributed by atoms with Crippen molar-refractivity contribution in [1.82, 2.24) is 36.8 Å². The summed E-state index contributed by atoms with van der Waals surface area (Å²) in [6.07, 6.45) is 66.3. The summed E-state index contributed by atoms with van der Waals surface area (Å²) in [7, 11) is 0. The van der Waals surface area contributed by atoms with Gasteiger partial charge in [-0.3, -0.25) is 33.6 Å². The molecule has 6 N–H and O–H groups in total. The van der Waals surface area contributed by atoms with Gasteiger partial charge in [0.2, 0.25) is 41.4 Å². The quantitative estimate of drug-likeness (QED) is 0.0244. The zero-order chi connectivity index (χ0) is 75.8. The maximum atomic E-state index is 13.1. The lowest BCUT2D eigenvalue weighted by Gasteiger charge is -2.23. The SMILES string of the molecule is O=C(CCCCCCCCC1CO1)NCCCNC(=O)CCCCCCCCC1CO1.O=C(CCCCCCCCC1CO1)NCCN(CCNC(=O)CCCCCCCCC1CO1)C(=O)CCCCCCCCC1CO1.O=C(CCCCCCCCC1CO1)NCCNC(=O)CCCCCCCCC1CO1. The number of rotatable bonds is 76. The van der Waals surface area contributed by atoms with Gasteiger partial charge in [-0.05, 0) is 96.3 Å². The minimum atomic E-state index is 0.0664. The Kier molecular flexibility index (Phi) is 57.3. The van der Waals surface area contributed by atoms with E-state index in [2.05, 4.69) is 31.9 Å². The van der Waals surface area contributed by atoms with Gasteiger partial charge in [-0.1, -0.05) is 225 Å². The van der Waals surface area contributed by atoms with Crippen molar-refractivity contribution < 1.29 is 66.7 Å². The third kappa shape index (κ3) is 65.3. The van der Waals surface area contributed by atoms with E-state index in [4.69, 9.17) is 33.2 Å². The van der Waals surface area contributed by atoms with Crippen LogP contribution in [0.5, 0.6) is 0 Å². The van der Waals surface area contributed by atoms with E-state index in [0.29, 0.717) is 140 Å². The Balaban J connectivity index is 0.000000298. The molecule has 0 saturated carbocycles. The van der Waals surface area contributed by atoms with Gasteiger partial charge in [0.25, 0.3) is 0 Å². The molecule has 0 aromatic carbocycles. The van der Waals surface area contributed by atoms with Gasteiger partial charge >= 0.3 is 0 Å². The molecule has 620 valence electrons. The van der Waals surface area contributed by atoms with Gasteiger partial charge in [0.15, 0.2) is 0 Å². The number of hydrogen-bond acceptors (Lipinski definition) is 14. The predicted molar refractivity (Wildman–Crippen MR) is 426 cm³/mol. The van der Waals surface area contributed by atoms with Crippen LogP contribution in [0.25, 0.3) is 0 Å². The summed E-state index contributed by atoms with van der Waals surface area (Å²) < 4.78 is 36.6. The van der Waals surface area contributed by atoms with E-state index in [0.717, 1.165) is 149 Å². The molecule has 7 amide bonds. The minimum Gasteiger partial charge on any atom is -0.373 e. The third-order valence-electron chi connectivity index (χ3n) is 21.6. The molecule has 7 unspecified atom stereocenters. The van der Waals surface area contributed by atoms with Gasteiger partial charge in [0, 0.05) is 97.3 Å². The van der Waals surface area contributed by atoms with Crippen molar-refractivity contribution in [1.29, 1.82) is 0 Å². The average molecular weight is 1510 g/mol. The van der Waals surface area contributed by atoms with Gasteiger partial charge in [0.05, 0.1) is 89.0 Å². The Hall–Kier alpha value is -3.99. The molecule has 21 nitrogen and oxygen atoms in total. The molecule has 21 heteroatoms. The van der Waals surface area contributed by atoms with Crippen molar-refractivity contribution in [3.63, 3.8) is 0 Å². The number of unbranched alkanes of at least 4 members (excludes halogenated alkanes) is 35. The maximum absolute atomic E-state index is 13.1. The van der Waals surface area contributed by atoms with Gasteiger partial charge in [-0.2, -0.15) is 0 Å². The van der Waals surface area contributed by atoms with Crippen molar-refractivity contribution in [2.75, 3.05) is 98.6 Å². The zero-order valence-electron chi connectivity index (χ0n) is 67.6. The van der Waals surface area contributed by atoms with E-state index in [9.17, 15) is 33.6 Å². The second kappa shape index (κ2) is 65.5. The normalized spacial score (nSPS) is 19.4. The van der Waals surface area contributed by atoms with Crippen LogP contribution in [0.4, 0.5) is 0 Å². The van der Waals surface area contributed by atoms with E-state index >= 15 is 0 Å². The first kappa shape index (κ1) is 93.6. The number of hydrogen-bond donors (Lipinski definition) is 6. The summed E-state index contributed by atoms with van der Waals surface area (Å²) in [6.45, 7) is 11.0. The average Bonchev–Trinajstić information content (AvgIpc) is 1.43. The molecule has 107 heavy (non-hydrogen) atoms. The second-order valence-corrected chi connectivity index (χ2v) is 32.1. The molecule has 7 heterocycles. The zero-order valence-corrected chi connectivity index (χ0v) is 67.6.